The first kappa shape index (κ1) is 17.2. The molecule has 1 atom stereocenters. The van der Waals surface area contributed by atoms with Crippen molar-refractivity contribution in [1.82, 2.24) is 24.8 Å². The molecular formula is C18H25N5O3. The molecule has 0 unspecified atom stereocenters. The van der Waals surface area contributed by atoms with Gasteiger partial charge in [0, 0.05) is 26.6 Å². The Balaban J connectivity index is 1.56. The first-order valence-electron chi connectivity index (χ1n) is 9.45. The van der Waals surface area contributed by atoms with E-state index in [1.807, 2.05) is 9.58 Å². The van der Waals surface area contributed by atoms with E-state index in [1.54, 1.807) is 13.3 Å². The van der Waals surface area contributed by atoms with Crippen molar-refractivity contribution < 1.29 is 14.1 Å². The molecule has 4 heterocycles. The van der Waals surface area contributed by atoms with E-state index in [0.717, 1.165) is 56.3 Å². The third-order valence-corrected chi connectivity index (χ3v) is 5.27. The number of piperidine rings is 1. The van der Waals surface area contributed by atoms with E-state index in [1.165, 1.54) is 0 Å². The number of fused-ring (bicyclic) bond motifs is 1. The van der Waals surface area contributed by atoms with Gasteiger partial charge in [0.05, 0.1) is 24.1 Å². The van der Waals surface area contributed by atoms with Crippen LogP contribution in [-0.4, -0.2) is 51.0 Å². The molecule has 140 valence electrons. The van der Waals surface area contributed by atoms with E-state index in [4.69, 9.17) is 9.26 Å². The number of hydrogen-bond donors (Lipinski definition) is 0. The topological polar surface area (TPSA) is 86.3 Å². The van der Waals surface area contributed by atoms with Gasteiger partial charge in [-0.1, -0.05) is 5.16 Å². The highest BCUT2D eigenvalue weighted by Gasteiger charge is 2.34. The summed E-state index contributed by atoms with van der Waals surface area (Å²) in [6.07, 6.45) is 8.39. The molecule has 0 aromatic carbocycles. The molecule has 2 aliphatic rings. The average molecular weight is 359 g/mol. The molecule has 8 heteroatoms. The summed E-state index contributed by atoms with van der Waals surface area (Å²) < 4.78 is 12.5. The number of methoxy groups -OCH3 is 1. The molecule has 2 aromatic heterocycles. The molecule has 2 aliphatic heterocycles. The summed E-state index contributed by atoms with van der Waals surface area (Å²) in [6.45, 7) is 2.16. The van der Waals surface area contributed by atoms with E-state index in [2.05, 4.69) is 15.2 Å². The third kappa shape index (κ3) is 3.25. The fourth-order valence-corrected chi connectivity index (χ4v) is 3.88. The highest BCUT2D eigenvalue weighted by atomic mass is 16.5. The van der Waals surface area contributed by atoms with E-state index < -0.39 is 0 Å². The predicted octanol–water partition coefficient (Wildman–Crippen LogP) is 2.16. The van der Waals surface area contributed by atoms with E-state index in [0.29, 0.717) is 31.3 Å². The maximum Gasteiger partial charge on any atom is 0.258 e. The summed E-state index contributed by atoms with van der Waals surface area (Å²) in [5.74, 6) is 1.20. The molecule has 0 N–H and O–H groups in total. The third-order valence-electron chi connectivity index (χ3n) is 5.27. The summed E-state index contributed by atoms with van der Waals surface area (Å²) in [5, 5.41) is 8.45. The minimum atomic E-state index is -0.154. The van der Waals surface area contributed by atoms with Crippen molar-refractivity contribution in [2.75, 3.05) is 20.3 Å². The lowest BCUT2D eigenvalue weighted by Crippen LogP contribution is -2.39. The van der Waals surface area contributed by atoms with Gasteiger partial charge >= 0.3 is 0 Å². The average Bonchev–Trinajstić information content (AvgIpc) is 3.33. The Kier molecular flexibility index (Phi) is 5.01. The second-order valence-corrected chi connectivity index (χ2v) is 6.99. The van der Waals surface area contributed by atoms with E-state index in [9.17, 15) is 4.79 Å². The van der Waals surface area contributed by atoms with Crippen LogP contribution >= 0.6 is 0 Å². The minimum Gasteiger partial charge on any atom is -0.384 e. The number of likely N-dealkylation sites (tertiary alicyclic amines) is 1. The largest absolute Gasteiger partial charge is 0.384 e. The number of rotatable bonds is 5. The zero-order valence-electron chi connectivity index (χ0n) is 15.2. The van der Waals surface area contributed by atoms with Crippen LogP contribution in [0.1, 0.15) is 65.9 Å². The van der Waals surface area contributed by atoms with Crippen molar-refractivity contribution in [1.29, 1.82) is 0 Å². The lowest BCUT2D eigenvalue weighted by molar-refractivity contribution is 0.0559. The van der Waals surface area contributed by atoms with Crippen LogP contribution in [0.15, 0.2) is 10.7 Å². The molecule has 0 radical (unpaired) electrons. The summed E-state index contributed by atoms with van der Waals surface area (Å²) in [6, 6.07) is -0.154. The summed E-state index contributed by atoms with van der Waals surface area (Å²) in [7, 11) is 1.65. The van der Waals surface area contributed by atoms with Gasteiger partial charge in [-0.25, -0.2) is 0 Å². The number of aryl methyl sites for hydroxylation is 1. The number of ether oxygens (including phenoxy) is 1. The predicted molar refractivity (Wildman–Crippen MR) is 92.7 cm³/mol. The van der Waals surface area contributed by atoms with Gasteiger partial charge in [-0.05, 0) is 38.5 Å². The Morgan fingerprint density at radius 3 is 3.08 bits per heavy atom. The van der Waals surface area contributed by atoms with Crippen LogP contribution in [0.2, 0.25) is 0 Å². The van der Waals surface area contributed by atoms with Crippen molar-refractivity contribution >= 4 is 5.91 Å². The van der Waals surface area contributed by atoms with Crippen molar-refractivity contribution in [3.8, 4) is 0 Å². The van der Waals surface area contributed by atoms with Crippen molar-refractivity contribution in [3.05, 3.63) is 29.2 Å². The first-order valence-corrected chi connectivity index (χ1v) is 9.45. The molecule has 0 spiro atoms. The molecule has 0 saturated carbocycles. The number of nitrogens with zero attached hydrogens (tertiary/aromatic N) is 5. The SMILES string of the molecule is COCCc1noc([C@H]2CCCCN2C(=O)c2cnn3c2CCCC3)n1. The van der Waals surface area contributed by atoms with Crippen LogP contribution in [0, 0.1) is 0 Å². The van der Waals surface area contributed by atoms with Crippen LogP contribution in [0.4, 0.5) is 0 Å². The fourth-order valence-electron chi connectivity index (χ4n) is 3.88. The van der Waals surface area contributed by atoms with Gasteiger partial charge in [-0.15, -0.1) is 0 Å². The number of carbonyl (C=O) groups excluding carboxylic acids is 1. The van der Waals surface area contributed by atoms with Crippen LogP contribution in [0.3, 0.4) is 0 Å². The Labute approximate surface area is 152 Å². The molecule has 26 heavy (non-hydrogen) atoms. The monoisotopic (exact) mass is 359 g/mol. The molecule has 0 bridgehead atoms. The minimum absolute atomic E-state index is 0.0366. The number of hydrogen-bond acceptors (Lipinski definition) is 6. The normalized spacial score (nSPS) is 20.2. The summed E-state index contributed by atoms with van der Waals surface area (Å²) in [5.41, 5.74) is 1.80. The van der Waals surface area contributed by atoms with Crippen LogP contribution in [-0.2, 0) is 24.1 Å². The Morgan fingerprint density at radius 1 is 1.31 bits per heavy atom. The first-order chi connectivity index (χ1) is 12.8. The zero-order chi connectivity index (χ0) is 17.9. The van der Waals surface area contributed by atoms with Crippen LogP contribution in [0.25, 0.3) is 0 Å². The van der Waals surface area contributed by atoms with Crippen LogP contribution in [0.5, 0.6) is 0 Å². The van der Waals surface area contributed by atoms with Crippen molar-refractivity contribution in [2.24, 2.45) is 0 Å². The van der Waals surface area contributed by atoms with Crippen molar-refractivity contribution in [3.63, 3.8) is 0 Å². The fraction of sp³-hybridized carbons (Fsp3) is 0.667. The van der Waals surface area contributed by atoms with Crippen LogP contribution < -0.4 is 0 Å². The highest BCUT2D eigenvalue weighted by molar-refractivity contribution is 5.95. The second-order valence-electron chi connectivity index (χ2n) is 6.99. The Morgan fingerprint density at radius 2 is 2.19 bits per heavy atom. The molecule has 0 aliphatic carbocycles. The molecule has 4 rings (SSSR count). The lowest BCUT2D eigenvalue weighted by atomic mass is 9.99. The number of amides is 1. The second kappa shape index (κ2) is 7.57. The van der Waals surface area contributed by atoms with Gasteiger partial charge in [0.25, 0.3) is 5.91 Å². The van der Waals surface area contributed by atoms with Gasteiger partial charge in [0.1, 0.15) is 6.04 Å². The van der Waals surface area contributed by atoms with Gasteiger partial charge in [0.15, 0.2) is 5.82 Å². The van der Waals surface area contributed by atoms with Gasteiger partial charge in [-0.2, -0.15) is 10.1 Å². The van der Waals surface area contributed by atoms with E-state index >= 15 is 0 Å². The Bertz CT molecular complexity index is 769. The zero-order valence-corrected chi connectivity index (χ0v) is 15.2. The molecule has 8 nitrogen and oxygen atoms in total. The molecule has 2 aromatic rings. The van der Waals surface area contributed by atoms with Gasteiger partial charge in [-0.3, -0.25) is 9.48 Å². The standard InChI is InChI=1S/C18H25N5O3/c1-25-11-8-16-20-17(26-21-16)15-7-2-4-9-22(15)18(24)13-12-19-23-10-5-3-6-14(13)23/h12,15H,2-11H2,1H3/t15-/m1/s1. The van der Waals surface area contributed by atoms with Gasteiger partial charge < -0.3 is 14.2 Å². The molecular weight excluding hydrogens is 334 g/mol. The summed E-state index contributed by atoms with van der Waals surface area (Å²) >= 11 is 0. The number of aromatic nitrogens is 4. The van der Waals surface area contributed by atoms with Crippen molar-refractivity contribution in [2.45, 2.75) is 57.5 Å². The Hall–Kier alpha value is -2.22. The smallest absolute Gasteiger partial charge is 0.258 e. The summed E-state index contributed by atoms with van der Waals surface area (Å²) in [4.78, 5) is 19.7. The highest BCUT2D eigenvalue weighted by Crippen LogP contribution is 2.32. The van der Waals surface area contributed by atoms with E-state index in [-0.39, 0.29) is 11.9 Å². The lowest BCUT2D eigenvalue weighted by Gasteiger charge is -2.33. The van der Waals surface area contributed by atoms with Gasteiger partial charge in [0.2, 0.25) is 5.89 Å². The molecule has 1 amide bonds. The quantitative estimate of drug-likeness (QED) is 0.813. The maximum absolute atomic E-state index is 13.3. The maximum atomic E-state index is 13.3. The number of carbonyl (C=O) groups is 1. The molecule has 1 saturated heterocycles. The molecule has 1 fully saturated rings.